The van der Waals surface area contributed by atoms with Crippen LogP contribution in [0.1, 0.15) is 23.7 Å². The summed E-state index contributed by atoms with van der Waals surface area (Å²) in [6.07, 6.45) is 0.937. The van der Waals surface area contributed by atoms with Gasteiger partial charge < -0.3 is 10.7 Å². The molecule has 0 saturated heterocycles. The van der Waals surface area contributed by atoms with E-state index >= 15 is 0 Å². The van der Waals surface area contributed by atoms with Crippen LogP contribution in [0.5, 0.6) is 0 Å². The number of benzene rings is 1. The first-order valence-electron chi connectivity index (χ1n) is 5.59. The van der Waals surface area contributed by atoms with Crippen LogP contribution in [-0.4, -0.2) is 16.9 Å². The molecule has 1 saturated carbocycles. The van der Waals surface area contributed by atoms with Gasteiger partial charge in [0.2, 0.25) is 0 Å². The van der Waals surface area contributed by atoms with E-state index in [4.69, 9.17) is 5.84 Å². The molecule has 2 atom stereocenters. The molecule has 1 amide bonds. The van der Waals surface area contributed by atoms with Crippen LogP contribution >= 0.6 is 0 Å². The number of hydrogen-bond acceptors (Lipinski definition) is 5. The summed E-state index contributed by atoms with van der Waals surface area (Å²) >= 11 is 0. The van der Waals surface area contributed by atoms with Crippen molar-refractivity contribution in [2.75, 3.05) is 5.43 Å². The molecule has 0 bridgehead atoms. The third kappa shape index (κ3) is 2.40. The number of nitro benzene ring substituents is 1. The maximum absolute atomic E-state index is 12.0. The molecule has 0 aromatic heterocycles. The number of rotatable bonds is 4. The molecule has 0 radical (unpaired) electrons. The molecule has 1 aliphatic carbocycles. The zero-order valence-corrected chi connectivity index (χ0v) is 9.84. The number of nitrogens with two attached hydrogens (primary N) is 1. The summed E-state index contributed by atoms with van der Waals surface area (Å²) in [6.45, 7) is 2.03. The molecule has 2 rings (SSSR count). The van der Waals surface area contributed by atoms with Gasteiger partial charge in [-0.25, -0.2) is 0 Å². The minimum Gasteiger partial charge on any atom is -0.349 e. The standard InChI is InChI=1S/C11H14N4O3/c1-6-4-10(6)13-11(16)8-5-7(15(17)18)2-3-9(8)14-12/h2-3,5-6,10,14H,4,12H2,1H3,(H,13,16). The number of anilines is 1. The first-order chi connectivity index (χ1) is 8.52. The summed E-state index contributed by atoms with van der Waals surface area (Å²) < 4.78 is 0. The molecule has 7 nitrogen and oxygen atoms in total. The van der Waals surface area contributed by atoms with Crippen molar-refractivity contribution in [3.05, 3.63) is 33.9 Å². The predicted octanol–water partition coefficient (Wildman–Crippen LogP) is 1.02. The van der Waals surface area contributed by atoms with Crippen LogP contribution in [-0.2, 0) is 0 Å². The summed E-state index contributed by atoms with van der Waals surface area (Å²) in [5.41, 5.74) is 2.78. The lowest BCUT2D eigenvalue weighted by Crippen LogP contribution is -2.28. The molecule has 0 aliphatic heterocycles. The van der Waals surface area contributed by atoms with E-state index in [2.05, 4.69) is 10.7 Å². The Morgan fingerprint density at radius 3 is 2.72 bits per heavy atom. The largest absolute Gasteiger partial charge is 0.349 e. The highest BCUT2D eigenvalue weighted by atomic mass is 16.6. The lowest BCUT2D eigenvalue weighted by Gasteiger charge is -2.09. The molecule has 1 aliphatic rings. The lowest BCUT2D eigenvalue weighted by atomic mass is 10.1. The Morgan fingerprint density at radius 2 is 2.22 bits per heavy atom. The average Bonchev–Trinajstić information content (AvgIpc) is 3.03. The minimum absolute atomic E-state index is 0.136. The number of nitrogens with one attached hydrogen (secondary N) is 2. The number of nitro groups is 1. The van der Waals surface area contributed by atoms with Crippen molar-refractivity contribution < 1.29 is 9.72 Å². The molecule has 7 heteroatoms. The smallest absolute Gasteiger partial charge is 0.270 e. The van der Waals surface area contributed by atoms with Crippen molar-refractivity contribution in [2.45, 2.75) is 19.4 Å². The summed E-state index contributed by atoms with van der Waals surface area (Å²) in [5, 5.41) is 13.5. The SMILES string of the molecule is CC1CC1NC(=O)c1cc([N+](=O)[O-])ccc1NN. The Labute approximate surface area is 103 Å². The number of carbonyl (C=O) groups excluding carboxylic acids is 1. The fourth-order valence-corrected chi connectivity index (χ4v) is 1.73. The molecule has 2 unspecified atom stereocenters. The van der Waals surface area contributed by atoms with Gasteiger partial charge in [-0.15, -0.1) is 0 Å². The fourth-order valence-electron chi connectivity index (χ4n) is 1.73. The van der Waals surface area contributed by atoms with Crippen molar-refractivity contribution in [3.8, 4) is 0 Å². The van der Waals surface area contributed by atoms with Gasteiger partial charge in [-0.2, -0.15) is 0 Å². The Hall–Kier alpha value is -2.15. The van der Waals surface area contributed by atoms with Crippen molar-refractivity contribution in [3.63, 3.8) is 0 Å². The topological polar surface area (TPSA) is 110 Å². The second-order valence-electron chi connectivity index (χ2n) is 4.42. The molecule has 96 valence electrons. The second-order valence-corrected chi connectivity index (χ2v) is 4.42. The van der Waals surface area contributed by atoms with Crippen LogP contribution in [0.15, 0.2) is 18.2 Å². The van der Waals surface area contributed by atoms with Crippen molar-refractivity contribution in [1.29, 1.82) is 0 Å². The monoisotopic (exact) mass is 250 g/mol. The Kier molecular flexibility index (Phi) is 3.15. The number of hydrogen-bond donors (Lipinski definition) is 3. The molecular formula is C11H14N4O3. The number of non-ortho nitro benzene ring substituents is 1. The van der Waals surface area contributed by atoms with Gasteiger partial charge in [0.15, 0.2) is 0 Å². The Balaban J connectivity index is 2.25. The number of carbonyl (C=O) groups is 1. The molecule has 0 spiro atoms. The summed E-state index contributed by atoms with van der Waals surface area (Å²) in [4.78, 5) is 22.1. The maximum atomic E-state index is 12.0. The van der Waals surface area contributed by atoms with Gasteiger partial charge in [0.1, 0.15) is 0 Å². The first kappa shape index (κ1) is 12.3. The van der Waals surface area contributed by atoms with Gasteiger partial charge in [-0.05, 0) is 18.4 Å². The molecule has 1 fully saturated rings. The summed E-state index contributed by atoms with van der Waals surface area (Å²) in [5.74, 6) is 5.40. The van der Waals surface area contributed by atoms with E-state index in [9.17, 15) is 14.9 Å². The highest BCUT2D eigenvalue weighted by molar-refractivity contribution is 6.00. The Morgan fingerprint density at radius 1 is 1.56 bits per heavy atom. The van der Waals surface area contributed by atoms with Gasteiger partial charge in [0.25, 0.3) is 11.6 Å². The quantitative estimate of drug-likeness (QED) is 0.419. The Bertz CT molecular complexity index is 503. The third-order valence-corrected chi connectivity index (χ3v) is 3.04. The van der Waals surface area contributed by atoms with E-state index in [0.717, 1.165) is 6.42 Å². The second kappa shape index (κ2) is 4.61. The molecule has 0 heterocycles. The van der Waals surface area contributed by atoms with Crippen LogP contribution < -0.4 is 16.6 Å². The highest BCUT2D eigenvalue weighted by Crippen LogP contribution is 2.30. The van der Waals surface area contributed by atoms with E-state index in [1.54, 1.807) is 0 Å². The highest BCUT2D eigenvalue weighted by Gasteiger charge is 2.34. The van der Waals surface area contributed by atoms with Gasteiger partial charge in [-0.3, -0.25) is 20.8 Å². The zero-order valence-electron chi connectivity index (χ0n) is 9.84. The van der Waals surface area contributed by atoms with Crippen molar-refractivity contribution in [1.82, 2.24) is 5.32 Å². The number of nitrogen functional groups attached to an aromatic ring is 1. The average molecular weight is 250 g/mol. The lowest BCUT2D eigenvalue weighted by molar-refractivity contribution is -0.384. The van der Waals surface area contributed by atoms with Crippen molar-refractivity contribution >= 4 is 17.3 Å². The molecule has 18 heavy (non-hydrogen) atoms. The summed E-state index contributed by atoms with van der Waals surface area (Å²) in [6, 6.07) is 4.09. The normalized spacial score (nSPS) is 21.2. The third-order valence-electron chi connectivity index (χ3n) is 3.04. The van der Waals surface area contributed by atoms with Crippen LogP contribution in [0.3, 0.4) is 0 Å². The van der Waals surface area contributed by atoms with Crippen LogP contribution in [0.4, 0.5) is 11.4 Å². The maximum Gasteiger partial charge on any atom is 0.270 e. The number of hydrazine groups is 1. The molecule has 1 aromatic rings. The van der Waals surface area contributed by atoms with E-state index in [-0.39, 0.29) is 23.2 Å². The predicted molar refractivity (Wildman–Crippen MR) is 65.9 cm³/mol. The van der Waals surface area contributed by atoms with Crippen LogP contribution in [0, 0.1) is 16.0 Å². The van der Waals surface area contributed by atoms with E-state index < -0.39 is 4.92 Å². The van der Waals surface area contributed by atoms with E-state index in [1.807, 2.05) is 6.92 Å². The van der Waals surface area contributed by atoms with E-state index in [1.165, 1.54) is 18.2 Å². The van der Waals surface area contributed by atoms with Crippen LogP contribution in [0.2, 0.25) is 0 Å². The van der Waals surface area contributed by atoms with E-state index in [0.29, 0.717) is 11.6 Å². The molecule has 4 N–H and O–H groups in total. The van der Waals surface area contributed by atoms with Gasteiger partial charge in [-0.1, -0.05) is 6.92 Å². The van der Waals surface area contributed by atoms with Crippen LogP contribution in [0.25, 0.3) is 0 Å². The van der Waals surface area contributed by atoms with Gasteiger partial charge in [0, 0.05) is 18.2 Å². The zero-order chi connectivity index (χ0) is 13.3. The minimum atomic E-state index is -0.545. The van der Waals surface area contributed by atoms with Gasteiger partial charge in [0.05, 0.1) is 16.2 Å². The molecule has 1 aromatic carbocycles. The summed E-state index contributed by atoms with van der Waals surface area (Å²) in [7, 11) is 0. The van der Waals surface area contributed by atoms with Gasteiger partial charge >= 0.3 is 0 Å². The number of amides is 1. The van der Waals surface area contributed by atoms with Crippen molar-refractivity contribution in [2.24, 2.45) is 11.8 Å². The first-order valence-corrected chi connectivity index (χ1v) is 5.59. The molecular weight excluding hydrogens is 236 g/mol. The fraction of sp³-hybridized carbons (Fsp3) is 0.364. The number of nitrogens with zero attached hydrogens (tertiary/aromatic N) is 1.